The molecule has 3 heterocycles. The number of imidazole rings is 1. The third kappa shape index (κ3) is 7.82. The fourth-order valence-electron chi connectivity index (χ4n) is 6.43. The van der Waals surface area contributed by atoms with E-state index < -0.39 is 6.85 Å². The maximum absolute atomic E-state index is 7.23. The normalized spacial score (nSPS) is 12.2. The summed E-state index contributed by atoms with van der Waals surface area (Å²) in [6.07, 6.45) is 2.30. The van der Waals surface area contributed by atoms with Crippen molar-refractivity contribution in [3.8, 4) is 28.3 Å². The van der Waals surface area contributed by atoms with Crippen LogP contribution < -0.4 is 0 Å². The van der Waals surface area contributed by atoms with Crippen molar-refractivity contribution in [1.29, 1.82) is 0 Å². The van der Waals surface area contributed by atoms with Crippen molar-refractivity contribution in [1.82, 2.24) is 14.5 Å². The van der Waals surface area contributed by atoms with Crippen molar-refractivity contribution in [2.75, 3.05) is 0 Å². The quantitative estimate of drug-likeness (QED) is 0.149. The van der Waals surface area contributed by atoms with Gasteiger partial charge in [-0.1, -0.05) is 134 Å². The van der Waals surface area contributed by atoms with Crippen LogP contribution in [0.4, 0.5) is 0 Å². The third-order valence-electron chi connectivity index (χ3n) is 8.93. The number of aryl methyl sites for hydroxylation is 1. The van der Waals surface area contributed by atoms with Gasteiger partial charge in [0.15, 0.2) is 0 Å². The summed E-state index contributed by atoms with van der Waals surface area (Å²) in [5.41, 5.74) is 11.7. The molecule has 0 aliphatic rings. The van der Waals surface area contributed by atoms with Gasteiger partial charge in [0, 0.05) is 36.1 Å². The molecule has 3 aromatic heterocycles. The molecule has 0 aliphatic carbocycles. The second-order valence-electron chi connectivity index (χ2n) is 13.1. The Hall–Kier alpha value is -4.67. The summed E-state index contributed by atoms with van der Waals surface area (Å²) in [4.78, 5) is 9.36. The number of pyridine rings is 1. The van der Waals surface area contributed by atoms with Crippen LogP contribution in [-0.4, -0.2) is 14.5 Å². The molecule has 8 aromatic rings. The first-order valence-electron chi connectivity index (χ1n) is 18.6. The van der Waals surface area contributed by atoms with Crippen LogP contribution in [0.2, 0.25) is 0 Å². The summed E-state index contributed by atoms with van der Waals surface area (Å²) < 4.78 is 25.3. The first-order valence-corrected chi connectivity index (χ1v) is 17.9. The predicted molar refractivity (Wildman–Crippen MR) is 211 cm³/mol. The summed E-state index contributed by atoms with van der Waals surface area (Å²) >= 11 is 1.68. The SMILES string of the molecule is CC(C)c1cccc(C(C)C)c1-n1c(-c2[c-]sc3ccc(Cc4ccccc4)cc23)nc2ccccc21.[2H]C([2H])([2H])c1ccc(-c2[c-]cccc2)nc1.[Ir]. The molecule has 0 saturated carbocycles. The molecular weight excluding hydrogens is 819 g/mol. The molecule has 0 unspecified atom stereocenters. The largest absolute Gasteiger partial charge is 0.333 e. The van der Waals surface area contributed by atoms with Crippen molar-refractivity contribution >= 4 is 32.5 Å². The minimum atomic E-state index is -2.09. The van der Waals surface area contributed by atoms with Gasteiger partial charge in [-0.25, -0.2) is 0 Å². The Morgan fingerprint density at radius 2 is 1.51 bits per heavy atom. The summed E-state index contributed by atoms with van der Waals surface area (Å²) in [6, 6.07) is 46.6. The average Bonchev–Trinajstić information content (AvgIpc) is 3.76. The van der Waals surface area contributed by atoms with Gasteiger partial charge >= 0.3 is 0 Å². The number of aromatic nitrogens is 3. The van der Waals surface area contributed by atoms with E-state index in [1.54, 1.807) is 29.5 Å². The van der Waals surface area contributed by atoms with Crippen molar-refractivity contribution in [3.05, 3.63) is 173 Å². The minimum Gasteiger partial charge on any atom is -0.333 e. The molecule has 0 saturated heterocycles. The number of nitrogens with zero attached hydrogens (tertiary/aromatic N) is 3. The molecule has 0 aliphatic heterocycles. The zero-order valence-corrected chi connectivity index (χ0v) is 32.4. The van der Waals surface area contributed by atoms with Gasteiger partial charge in [-0.05, 0) is 65.2 Å². The summed E-state index contributed by atoms with van der Waals surface area (Å²) in [5, 5.41) is 4.87. The van der Waals surface area contributed by atoms with Crippen molar-refractivity contribution in [2.24, 2.45) is 0 Å². The molecule has 51 heavy (non-hydrogen) atoms. The smallest absolute Gasteiger partial charge is 0.0774 e. The van der Waals surface area contributed by atoms with E-state index >= 15 is 0 Å². The van der Waals surface area contributed by atoms with Crippen LogP contribution in [0, 0.1) is 18.3 Å². The van der Waals surface area contributed by atoms with E-state index in [4.69, 9.17) is 9.10 Å². The zero-order chi connectivity index (χ0) is 37.1. The first kappa shape index (κ1) is 32.3. The number of fused-ring (bicyclic) bond motifs is 2. The van der Waals surface area contributed by atoms with E-state index in [1.807, 2.05) is 18.2 Å². The molecule has 0 N–H and O–H groups in total. The summed E-state index contributed by atoms with van der Waals surface area (Å²) in [5.74, 6) is 1.76. The molecule has 5 heteroatoms. The second-order valence-corrected chi connectivity index (χ2v) is 14.0. The number of para-hydroxylation sites is 3. The molecule has 0 bridgehead atoms. The van der Waals surface area contributed by atoms with E-state index in [9.17, 15) is 0 Å². The molecule has 0 amide bonds. The van der Waals surface area contributed by atoms with Crippen LogP contribution in [0.25, 0.3) is 49.5 Å². The molecule has 0 atom stereocenters. The predicted octanol–water partition coefficient (Wildman–Crippen LogP) is 12.4. The Bertz CT molecular complexity index is 2440. The number of benzene rings is 5. The average molecular weight is 863 g/mol. The zero-order valence-electron chi connectivity index (χ0n) is 32.1. The fraction of sp³-hybridized carbons (Fsp3) is 0.174. The van der Waals surface area contributed by atoms with Crippen LogP contribution in [0.5, 0.6) is 0 Å². The molecule has 1 radical (unpaired) electrons. The van der Waals surface area contributed by atoms with Crippen LogP contribution in [0.3, 0.4) is 0 Å². The number of rotatable bonds is 7. The van der Waals surface area contributed by atoms with E-state index in [0.717, 1.165) is 40.1 Å². The van der Waals surface area contributed by atoms with Gasteiger partial charge in [-0.3, -0.25) is 16.3 Å². The van der Waals surface area contributed by atoms with Gasteiger partial charge in [0.1, 0.15) is 0 Å². The maximum atomic E-state index is 7.23. The van der Waals surface area contributed by atoms with Gasteiger partial charge in [-0.15, -0.1) is 47.3 Å². The molecule has 8 rings (SSSR count). The minimum absolute atomic E-state index is 0. The monoisotopic (exact) mass is 863 g/mol. The van der Waals surface area contributed by atoms with E-state index in [2.05, 4.69) is 140 Å². The van der Waals surface area contributed by atoms with Crippen LogP contribution >= 0.6 is 11.3 Å². The number of hydrogen-bond acceptors (Lipinski definition) is 3. The van der Waals surface area contributed by atoms with Crippen LogP contribution in [0.1, 0.15) is 71.5 Å². The fourth-order valence-corrected chi connectivity index (χ4v) is 7.25. The number of hydrogen-bond donors (Lipinski definition) is 0. The number of thiophene rings is 1. The second kappa shape index (κ2) is 16.1. The maximum Gasteiger partial charge on any atom is 0.0774 e. The molecule has 0 spiro atoms. The van der Waals surface area contributed by atoms with Gasteiger partial charge in [-0.2, -0.15) is 0 Å². The Morgan fingerprint density at radius 3 is 2.20 bits per heavy atom. The Kier molecular flexibility index (Phi) is 10.2. The van der Waals surface area contributed by atoms with Gasteiger partial charge < -0.3 is 9.55 Å². The van der Waals surface area contributed by atoms with Crippen molar-refractivity contribution in [2.45, 2.75) is 52.8 Å². The molecule has 5 aromatic carbocycles. The Balaban J connectivity index is 0.000000246. The van der Waals surface area contributed by atoms with E-state index in [0.29, 0.717) is 11.8 Å². The first-order chi connectivity index (χ1) is 25.6. The van der Waals surface area contributed by atoms with E-state index in [1.165, 1.54) is 44.2 Å². The standard InChI is InChI=1S/C34H31N2S.C12H10N.Ir/c1-22(2)26-13-10-14-27(23(3)4)33(26)36-31-16-9-8-15-30(31)35-34(36)29-21-37-32-18-17-25(20-28(29)32)19-24-11-6-5-7-12-24;1-10-7-8-12(13-9-10)11-5-3-2-4-6-11;/h5-18,20,22-23H,19H2,1-4H3;2-5,7-9H,1H3;/q2*-1;/i;1D3;. The molecule has 0 fully saturated rings. The van der Waals surface area contributed by atoms with E-state index in [-0.39, 0.29) is 25.7 Å². The van der Waals surface area contributed by atoms with Crippen molar-refractivity contribution in [3.63, 3.8) is 0 Å². The summed E-state index contributed by atoms with van der Waals surface area (Å²) in [6.45, 7) is 7.03. The van der Waals surface area contributed by atoms with Gasteiger partial charge in [0.25, 0.3) is 0 Å². The summed E-state index contributed by atoms with van der Waals surface area (Å²) in [7, 11) is 0. The third-order valence-corrected chi connectivity index (χ3v) is 9.81. The van der Waals surface area contributed by atoms with Crippen molar-refractivity contribution < 1.29 is 24.2 Å². The molecule has 257 valence electrons. The van der Waals surface area contributed by atoms with Gasteiger partial charge in [0.2, 0.25) is 0 Å². The Labute approximate surface area is 323 Å². The topological polar surface area (TPSA) is 30.7 Å². The van der Waals surface area contributed by atoms with Crippen LogP contribution in [-0.2, 0) is 26.5 Å². The Morgan fingerprint density at radius 1 is 0.765 bits per heavy atom. The molecule has 3 nitrogen and oxygen atoms in total. The van der Waals surface area contributed by atoms with Gasteiger partial charge in [0.05, 0.1) is 16.9 Å². The van der Waals surface area contributed by atoms with Crippen LogP contribution in [0.15, 0.2) is 134 Å². The molecular formula is C46H41IrN3S-2.